The van der Waals surface area contributed by atoms with E-state index < -0.39 is 0 Å². The number of hydrogen-bond acceptors (Lipinski definition) is 1. The van der Waals surface area contributed by atoms with Crippen LogP contribution in [0, 0.1) is 11.8 Å². The summed E-state index contributed by atoms with van der Waals surface area (Å²) in [7, 11) is 0. The maximum atomic E-state index is 12.0. The third-order valence-corrected chi connectivity index (χ3v) is 4.33. The Balaban J connectivity index is 1.69. The number of hydrogen-bond donors (Lipinski definition) is 1. The van der Waals surface area contributed by atoms with E-state index in [1.807, 2.05) is 24.3 Å². The van der Waals surface area contributed by atoms with Gasteiger partial charge in [0, 0.05) is 16.1 Å². The van der Waals surface area contributed by atoms with Gasteiger partial charge < -0.3 is 5.32 Å². The van der Waals surface area contributed by atoms with Gasteiger partial charge in [-0.1, -0.05) is 48.5 Å². The van der Waals surface area contributed by atoms with Crippen LogP contribution in [0.1, 0.15) is 45.4 Å². The molecular weight excluding hydrogens is 302 g/mol. The Hall–Kier alpha value is -0.830. The third-order valence-electron chi connectivity index (χ3n) is 3.80. The van der Waals surface area contributed by atoms with Crippen molar-refractivity contribution in [3.8, 4) is 0 Å². The molecule has 1 fully saturated rings. The molecule has 0 heterocycles. The fourth-order valence-corrected chi connectivity index (χ4v) is 2.75. The normalized spacial score (nSPS) is 21.2. The van der Waals surface area contributed by atoms with Crippen LogP contribution in [0.5, 0.6) is 0 Å². The van der Waals surface area contributed by atoms with E-state index in [2.05, 4.69) is 28.2 Å². The Morgan fingerprint density at radius 3 is 2.68 bits per heavy atom. The predicted molar refractivity (Wildman–Crippen MR) is 83.1 cm³/mol. The molecule has 1 N–H and O–H groups in total. The van der Waals surface area contributed by atoms with Crippen molar-refractivity contribution in [1.82, 2.24) is 0 Å². The highest BCUT2D eigenvalue weighted by atomic mass is 79.9. The summed E-state index contributed by atoms with van der Waals surface area (Å²) >= 11 is 3.39. The summed E-state index contributed by atoms with van der Waals surface area (Å²) in [6, 6.07) is 7.76. The van der Waals surface area contributed by atoms with Gasteiger partial charge in [-0.15, -0.1) is 0 Å². The molecule has 0 spiro atoms. The second-order valence-corrected chi connectivity index (χ2v) is 6.36. The molecule has 3 heteroatoms. The minimum absolute atomic E-state index is 0.197. The van der Waals surface area contributed by atoms with E-state index in [1.54, 1.807) is 0 Å². The van der Waals surface area contributed by atoms with Gasteiger partial charge in [0.25, 0.3) is 0 Å². The Labute approximate surface area is 124 Å². The molecule has 19 heavy (non-hydrogen) atoms. The molecule has 2 nitrogen and oxygen atoms in total. The van der Waals surface area contributed by atoms with Gasteiger partial charge in [-0.05, 0) is 43.0 Å². The maximum Gasteiger partial charge on any atom is 0.227 e. The number of carbonyl (C=O) groups excluding carboxylic acids is 1. The third kappa shape index (κ3) is 4.64. The molecule has 0 aliphatic heterocycles. The van der Waals surface area contributed by atoms with Crippen molar-refractivity contribution in [2.75, 3.05) is 5.32 Å². The van der Waals surface area contributed by atoms with Gasteiger partial charge in [0.1, 0.15) is 0 Å². The SMILES string of the molecule is CCCCCC[C@H]1C[C@@H]1C(=O)Nc1ccc(Br)cc1. The van der Waals surface area contributed by atoms with Crippen molar-refractivity contribution in [2.45, 2.75) is 45.4 Å². The van der Waals surface area contributed by atoms with Crippen LogP contribution >= 0.6 is 15.9 Å². The zero-order valence-electron chi connectivity index (χ0n) is 11.5. The average molecular weight is 324 g/mol. The lowest BCUT2D eigenvalue weighted by atomic mass is 10.1. The predicted octanol–water partition coefficient (Wildman–Crippen LogP) is 4.99. The summed E-state index contributed by atoms with van der Waals surface area (Å²) in [6.07, 6.45) is 7.49. The first kappa shape index (κ1) is 14.6. The molecule has 2 atom stereocenters. The molecule has 0 radical (unpaired) electrons. The van der Waals surface area contributed by atoms with Crippen LogP contribution in [0.2, 0.25) is 0 Å². The summed E-state index contributed by atoms with van der Waals surface area (Å²) in [5.74, 6) is 1.08. The van der Waals surface area contributed by atoms with Crippen LogP contribution in [0.25, 0.3) is 0 Å². The average Bonchev–Trinajstić information content (AvgIpc) is 3.17. The molecule has 1 aliphatic rings. The molecule has 1 aliphatic carbocycles. The molecule has 1 amide bonds. The molecule has 1 saturated carbocycles. The highest BCUT2D eigenvalue weighted by Gasteiger charge is 2.41. The van der Waals surface area contributed by atoms with E-state index in [0.717, 1.165) is 16.6 Å². The lowest BCUT2D eigenvalue weighted by Crippen LogP contribution is -2.14. The van der Waals surface area contributed by atoms with Crippen LogP contribution in [0.4, 0.5) is 5.69 Å². The van der Waals surface area contributed by atoms with Crippen molar-refractivity contribution in [2.24, 2.45) is 11.8 Å². The topological polar surface area (TPSA) is 29.1 Å². The van der Waals surface area contributed by atoms with E-state index in [0.29, 0.717) is 5.92 Å². The Morgan fingerprint density at radius 2 is 2.00 bits per heavy atom. The fourth-order valence-electron chi connectivity index (χ4n) is 2.49. The standard InChI is InChI=1S/C16H22BrNO/c1-2-3-4-5-6-12-11-15(12)16(19)18-14-9-7-13(17)8-10-14/h7-10,12,15H,2-6,11H2,1H3,(H,18,19)/t12-,15-/m0/s1. The number of carbonyl (C=O) groups is 1. The van der Waals surface area contributed by atoms with Gasteiger partial charge in [-0.3, -0.25) is 4.79 Å². The quantitative estimate of drug-likeness (QED) is 0.703. The number of rotatable bonds is 7. The first-order chi connectivity index (χ1) is 9.20. The zero-order valence-corrected chi connectivity index (χ0v) is 13.1. The summed E-state index contributed by atoms with van der Waals surface area (Å²) in [6.45, 7) is 2.23. The van der Waals surface area contributed by atoms with Crippen LogP contribution < -0.4 is 5.32 Å². The second-order valence-electron chi connectivity index (χ2n) is 5.45. The minimum Gasteiger partial charge on any atom is -0.326 e. The number of amides is 1. The molecule has 0 bridgehead atoms. The monoisotopic (exact) mass is 323 g/mol. The van der Waals surface area contributed by atoms with Gasteiger partial charge in [0.15, 0.2) is 0 Å². The van der Waals surface area contributed by atoms with Crippen LogP contribution in [0.3, 0.4) is 0 Å². The lowest BCUT2D eigenvalue weighted by molar-refractivity contribution is -0.117. The molecule has 0 saturated heterocycles. The van der Waals surface area contributed by atoms with Gasteiger partial charge in [-0.25, -0.2) is 0 Å². The fraction of sp³-hybridized carbons (Fsp3) is 0.562. The van der Waals surface area contributed by atoms with Crippen molar-refractivity contribution >= 4 is 27.5 Å². The van der Waals surface area contributed by atoms with Crippen molar-refractivity contribution < 1.29 is 4.79 Å². The smallest absolute Gasteiger partial charge is 0.227 e. The summed E-state index contributed by atoms with van der Waals surface area (Å²) < 4.78 is 1.03. The Kier molecular flexibility index (Phi) is 5.44. The van der Waals surface area contributed by atoms with Crippen LogP contribution in [0.15, 0.2) is 28.7 Å². The first-order valence-corrected chi connectivity index (χ1v) is 8.06. The van der Waals surface area contributed by atoms with E-state index in [-0.39, 0.29) is 11.8 Å². The van der Waals surface area contributed by atoms with E-state index in [9.17, 15) is 4.79 Å². The highest BCUT2D eigenvalue weighted by Crippen LogP contribution is 2.43. The number of halogens is 1. The maximum absolute atomic E-state index is 12.0. The molecule has 1 aromatic rings. The van der Waals surface area contributed by atoms with E-state index in [4.69, 9.17) is 0 Å². The number of benzene rings is 1. The largest absolute Gasteiger partial charge is 0.326 e. The molecule has 2 rings (SSSR count). The van der Waals surface area contributed by atoms with Crippen LogP contribution in [-0.4, -0.2) is 5.91 Å². The number of anilines is 1. The number of unbranched alkanes of at least 4 members (excludes halogenated alkanes) is 3. The van der Waals surface area contributed by atoms with Crippen molar-refractivity contribution in [1.29, 1.82) is 0 Å². The van der Waals surface area contributed by atoms with E-state index in [1.165, 1.54) is 32.1 Å². The Bertz CT molecular complexity index is 415. The first-order valence-electron chi connectivity index (χ1n) is 7.27. The molecule has 104 valence electrons. The van der Waals surface area contributed by atoms with Crippen molar-refractivity contribution in [3.63, 3.8) is 0 Å². The zero-order chi connectivity index (χ0) is 13.7. The van der Waals surface area contributed by atoms with Gasteiger partial charge in [-0.2, -0.15) is 0 Å². The lowest BCUT2D eigenvalue weighted by Gasteiger charge is -2.05. The summed E-state index contributed by atoms with van der Waals surface area (Å²) in [5, 5.41) is 3.00. The summed E-state index contributed by atoms with van der Waals surface area (Å²) in [5.41, 5.74) is 0.893. The van der Waals surface area contributed by atoms with E-state index >= 15 is 0 Å². The van der Waals surface area contributed by atoms with Gasteiger partial charge in [0.05, 0.1) is 0 Å². The second kappa shape index (κ2) is 7.09. The van der Waals surface area contributed by atoms with Gasteiger partial charge in [0.2, 0.25) is 5.91 Å². The molecule has 0 aromatic heterocycles. The van der Waals surface area contributed by atoms with Crippen LogP contribution in [-0.2, 0) is 4.79 Å². The Morgan fingerprint density at radius 1 is 1.26 bits per heavy atom. The minimum atomic E-state index is 0.197. The van der Waals surface area contributed by atoms with Gasteiger partial charge >= 0.3 is 0 Å². The molecule has 0 unspecified atom stereocenters. The molecular formula is C16H22BrNO. The number of nitrogens with one attached hydrogen (secondary N) is 1. The summed E-state index contributed by atoms with van der Waals surface area (Å²) in [4.78, 5) is 12.0. The molecule has 1 aromatic carbocycles. The highest BCUT2D eigenvalue weighted by molar-refractivity contribution is 9.10. The van der Waals surface area contributed by atoms with Crippen molar-refractivity contribution in [3.05, 3.63) is 28.7 Å².